The van der Waals surface area contributed by atoms with E-state index in [1.165, 1.54) is 6.42 Å². The van der Waals surface area contributed by atoms with Crippen LogP contribution in [0.1, 0.15) is 42.4 Å². The molecule has 0 saturated heterocycles. The Bertz CT molecular complexity index is 1350. The van der Waals surface area contributed by atoms with Crippen molar-refractivity contribution in [3.8, 4) is 5.75 Å². The van der Waals surface area contributed by atoms with E-state index in [0.717, 1.165) is 24.1 Å². The van der Waals surface area contributed by atoms with Crippen molar-refractivity contribution in [3.63, 3.8) is 0 Å². The van der Waals surface area contributed by atoms with Crippen LogP contribution in [-0.2, 0) is 22.6 Å². The van der Waals surface area contributed by atoms with Crippen LogP contribution in [0.5, 0.6) is 5.75 Å². The second-order valence-electron chi connectivity index (χ2n) is 11.7. The molecular formula is C28H36BN4O6. The first-order valence-electron chi connectivity index (χ1n) is 13.3. The van der Waals surface area contributed by atoms with Crippen molar-refractivity contribution in [3.05, 3.63) is 39.7 Å². The minimum atomic E-state index is -2.38. The molecule has 0 spiro atoms. The number of hydrogen-bond acceptors (Lipinski definition) is 9. The van der Waals surface area contributed by atoms with Crippen LogP contribution >= 0.6 is 0 Å². The number of carbonyl (C=O) groups excluding carboxylic acids is 2. The monoisotopic (exact) mass is 535 g/mol. The predicted molar refractivity (Wildman–Crippen MR) is 149 cm³/mol. The minimum absolute atomic E-state index is 0.0488. The van der Waals surface area contributed by atoms with Gasteiger partial charge in [0.15, 0.2) is 0 Å². The maximum absolute atomic E-state index is 14.1. The van der Waals surface area contributed by atoms with Crippen LogP contribution in [0.15, 0.2) is 23.0 Å². The Balaban J connectivity index is 1.66. The summed E-state index contributed by atoms with van der Waals surface area (Å²) in [5.74, 6) is -4.32. The molecule has 1 amide bonds. The topological polar surface area (TPSA) is 160 Å². The van der Waals surface area contributed by atoms with Crippen molar-refractivity contribution >= 4 is 36.1 Å². The van der Waals surface area contributed by atoms with Gasteiger partial charge in [-0.25, -0.2) is 0 Å². The average Bonchev–Trinajstić information content (AvgIpc) is 2.79. The molecule has 0 heterocycles. The van der Waals surface area contributed by atoms with E-state index in [1.807, 2.05) is 19.0 Å². The van der Waals surface area contributed by atoms with E-state index in [-0.39, 0.29) is 23.3 Å². The fourth-order valence-corrected chi connectivity index (χ4v) is 7.03. The molecule has 4 aliphatic rings. The molecular weight excluding hydrogens is 499 g/mol. The number of anilines is 1. The van der Waals surface area contributed by atoms with Crippen molar-refractivity contribution < 1.29 is 30.0 Å². The zero-order chi connectivity index (χ0) is 28.5. The summed E-state index contributed by atoms with van der Waals surface area (Å²) in [7, 11) is 13.3. The molecule has 0 bridgehead atoms. The number of nitrogens with one attached hydrogen (secondary N) is 1. The van der Waals surface area contributed by atoms with E-state index in [2.05, 4.69) is 5.32 Å². The summed E-state index contributed by atoms with van der Waals surface area (Å²) in [4.78, 5) is 29.8. The first-order chi connectivity index (χ1) is 18.3. The maximum atomic E-state index is 14.1. The SMILES string of the molecule is [B]=C1C(C(N)=O)=C(O)[C@@H](N(C)C)[C@@H]2C[C@@H]3Cc4c(c(O)cc(CNC5CCC5)c4N(C)C)C(O)=C3C(=O)[C@]12O. The number of ketones is 1. The molecule has 1 aromatic carbocycles. The van der Waals surface area contributed by atoms with Gasteiger partial charge in [-0.3, -0.25) is 0 Å². The molecule has 5 rings (SSSR count). The Kier molecular flexibility index (Phi) is 6.68. The Morgan fingerprint density at radius 2 is 1.87 bits per heavy atom. The van der Waals surface area contributed by atoms with Crippen LogP contribution in [0.25, 0.3) is 5.76 Å². The molecule has 0 aliphatic heterocycles. The van der Waals surface area contributed by atoms with Gasteiger partial charge in [0.2, 0.25) is 0 Å². The number of aliphatic hydroxyl groups excluding tert-OH is 2. The van der Waals surface area contributed by atoms with Gasteiger partial charge in [-0.15, -0.1) is 0 Å². The molecule has 7 N–H and O–H groups in total. The summed E-state index contributed by atoms with van der Waals surface area (Å²) < 4.78 is 0. The number of amides is 1. The van der Waals surface area contributed by atoms with Gasteiger partial charge in [0, 0.05) is 0 Å². The van der Waals surface area contributed by atoms with Gasteiger partial charge >= 0.3 is 209 Å². The zero-order valence-electron chi connectivity index (χ0n) is 22.8. The summed E-state index contributed by atoms with van der Waals surface area (Å²) in [5, 5.41) is 49.0. The third-order valence-electron chi connectivity index (χ3n) is 9.01. The van der Waals surface area contributed by atoms with Crippen molar-refractivity contribution in [1.29, 1.82) is 0 Å². The van der Waals surface area contributed by atoms with Gasteiger partial charge in [0.25, 0.3) is 0 Å². The number of Topliss-reactive ketones (excluding diaryl/α,β-unsaturated/α-hetero) is 1. The fourth-order valence-electron chi connectivity index (χ4n) is 7.03. The molecule has 10 nitrogen and oxygen atoms in total. The molecule has 4 aliphatic carbocycles. The van der Waals surface area contributed by atoms with Gasteiger partial charge in [0.05, 0.1) is 0 Å². The van der Waals surface area contributed by atoms with Crippen LogP contribution in [0.3, 0.4) is 0 Å². The van der Waals surface area contributed by atoms with Crippen molar-refractivity contribution in [2.75, 3.05) is 33.1 Å². The number of phenolic OH excluding ortho intramolecular Hbond substituents is 1. The van der Waals surface area contributed by atoms with Crippen molar-refractivity contribution in [2.24, 2.45) is 17.6 Å². The van der Waals surface area contributed by atoms with Gasteiger partial charge in [0.1, 0.15) is 0 Å². The molecule has 11 heteroatoms. The summed E-state index contributed by atoms with van der Waals surface area (Å²) >= 11 is 0. The van der Waals surface area contributed by atoms with Crippen LogP contribution < -0.4 is 16.0 Å². The molecule has 207 valence electrons. The van der Waals surface area contributed by atoms with Gasteiger partial charge in [-0.2, -0.15) is 0 Å². The van der Waals surface area contributed by atoms with Crippen molar-refractivity contribution in [2.45, 2.75) is 56.3 Å². The second kappa shape index (κ2) is 9.50. The molecule has 0 aromatic heterocycles. The Morgan fingerprint density at radius 3 is 2.41 bits per heavy atom. The predicted octanol–water partition coefficient (Wildman–Crippen LogP) is 0.444. The third kappa shape index (κ3) is 3.93. The van der Waals surface area contributed by atoms with Crippen LogP contribution in [0, 0.1) is 11.8 Å². The van der Waals surface area contributed by atoms with E-state index in [0.29, 0.717) is 24.6 Å². The number of aliphatic hydroxyl groups is 3. The molecule has 1 aromatic rings. The summed E-state index contributed by atoms with van der Waals surface area (Å²) in [5.41, 5.74) is 4.64. The molecule has 2 fully saturated rings. The number of hydrogen-bond donors (Lipinski definition) is 6. The van der Waals surface area contributed by atoms with Crippen molar-refractivity contribution in [1.82, 2.24) is 10.2 Å². The van der Waals surface area contributed by atoms with E-state index in [9.17, 15) is 30.0 Å². The van der Waals surface area contributed by atoms with E-state index in [4.69, 9.17) is 13.2 Å². The number of fused-ring (bicyclic) bond motifs is 3. The first kappa shape index (κ1) is 27.4. The second-order valence-corrected chi connectivity index (χ2v) is 11.7. The number of benzene rings is 1. The quantitative estimate of drug-likeness (QED) is 0.284. The molecule has 0 unspecified atom stereocenters. The third-order valence-corrected chi connectivity index (χ3v) is 9.01. The summed E-state index contributed by atoms with van der Waals surface area (Å²) in [6.45, 7) is 0.547. The van der Waals surface area contributed by atoms with Crippen LogP contribution in [0.2, 0.25) is 0 Å². The number of likely N-dealkylation sites (N-methyl/N-ethyl adjacent to an activating group) is 1. The summed E-state index contributed by atoms with van der Waals surface area (Å²) in [6, 6.07) is 1.13. The normalized spacial score (nSPS) is 28.7. The number of aromatic hydroxyl groups is 1. The van der Waals surface area contributed by atoms with E-state index in [1.54, 1.807) is 25.1 Å². The molecule has 39 heavy (non-hydrogen) atoms. The molecule has 1 radical (unpaired) electrons. The van der Waals surface area contributed by atoms with Crippen LogP contribution in [0.4, 0.5) is 5.69 Å². The van der Waals surface area contributed by atoms with Gasteiger partial charge in [-0.1, -0.05) is 6.42 Å². The Hall–Kier alpha value is -3.15. The summed E-state index contributed by atoms with van der Waals surface area (Å²) in [6.07, 6.45) is 3.92. The Labute approximate surface area is 228 Å². The average molecular weight is 535 g/mol. The number of nitrogens with zero attached hydrogens (tertiary/aromatic N) is 2. The number of nitrogens with two attached hydrogens (primary N) is 1. The van der Waals surface area contributed by atoms with Gasteiger partial charge in [-0.05, 0) is 12.8 Å². The Morgan fingerprint density at radius 1 is 1.21 bits per heavy atom. The van der Waals surface area contributed by atoms with Gasteiger partial charge < -0.3 is 0 Å². The number of carbonyl (C=O) groups is 2. The fraction of sp³-hybridized carbons (Fsp3) is 0.536. The van der Waals surface area contributed by atoms with E-state index >= 15 is 0 Å². The van der Waals surface area contributed by atoms with Crippen LogP contribution in [-0.4, -0.2) is 95.8 Å². The molecule has 4 atom stereocenters. The number of primary amides is 1. The number of phenols is 1. The number of rotatable bonds is 6. The first-order valence-corrected chi connectivity index (χ1v) is 13.3. The van der Waals surface area contributed by atoms with E-state index < -0.39 is 57.7 Å². The standard InChI is InChI=1S/C28H36BN4O6/c1-32(2)21-13(11-31-14-6-5-7-14)10-17(34)19-15(21)8-12-9-16-22(33(3)4)24(36)20(27(30)38)25(29)28(16,39)26(37)18(12)23(19)35/h10,12,14,16,22,31,34-36,39H,5-9,11H2,1-4H3,(H2,30,38)/t12-,16-,22-,28+/m0/s1. The zero-order valence-corrected chi connectivity index (χ0v) is 22.8. The molecule has 2 saturated carbocycles.